The molecule has 0 atom stereocenters. The highest BCUT2D eigenvalue weighted by atomic mass is 32.1. The van der Waals surface area contributed by atoms with Gasteiger partial charge in [-0.2, -0.15) is 0 Å². The van der Waals surface area contributed by atoms with Gasteiger partial charge in [-0.15, -0.1) is 0 Å². The van der Waals surface area contributed by atoms with E-state index in [0.29, 0.717) is 34.6 Å². The van der Waals surface area contributed by atoms with Crippen LogP contribution in [0.15, 0.2) is 65.8 Å². The number of amides is 1. The lowest BCUT2D eigenvalue weighted by Crippen LogP contribution is -2.15. The molecule has 0 aliphatic heterocycles. The van der Waals surface area contributed by atoms with E-state index in [1.165, 1.54) is 0 Å². The predicted octanol–water partition coefficient (Wildman–Crippen LogP) is 3.21. The number of anilines is 1. The summed E-state index contributed by atoms with van der Waals surface area (Å²) >= 11 is 4.99. The second-order valence-corrected chi connectivity index (χ2v) is 6.53. The van der Waals surface area contributed by atoms with Crippen molar-refractivity contribution in [2.45, 2.75) is 6.61 Å². The molecule has 0 bridgehead atoms. The minimum Gasteiger partial charge on any atom is -0.485 e. The standard InChI is InChI=1S/C20H15N5O3S/c26-18(13-3-4-14-15(10-13)23-20(29)25-19(14)27)24-17-16(2-1-7-22-17)28-11-12-5-8-21-9-6-12/h1-10H,11H2,(H,22,24,26)(H2,23,25,27,29). The van der Waals surface area contributed by atoms with Crippen LogP contribution in [-0.4, -0.2) is 25.8 Å². The lowest BCUT2D eigenvalue weighted by atomic mass is 10.1. The van der Waals surface area contributed by atoms with Gasteiger partial charge in [0.2, 0.25) is 0 Å². The Hall–Kier alpha value is -3.85. The summed E-state index contributed by atoms with van der Waals surface area (Å²) in [6.07, 6.45) is 4.92. The third kappa shape index (κ3) is 4.19. The average molecular weight is 405 g/mol. The summed E-state index contributed by atoms with van der Waals surface area (Å²) in [5.41, 5.74) is 1.45. The van der Waals surface area contributed by atoms with E-state index < -0.39 is 0 Å². The van der Waals surface area contributed by atoms with Gasteiger partial charge in [-0.25, -0.2) is 4.98 Å². The monoisotopic (exact) mass is 405 g/mol. The number of fused-ring (bicyclic) bond motifs is 1. The first kappa shape index (κ1) is 18.5. The van der Waals surface area contributed by atoms with Crippen molar-refractivity contribution >= 4 is 34.8 Å². The normalized spacial score (nSPS) is 10.6. The molecule has 4 rings (SSSR count). The summed E-state index contributed by atoms with van der Waals surface area (Å²) in [6.45, 7) is 0.312. The van der Waals surface area contributed by atoms with Gasteiger partial charge < -0.3 is 15.0 Å². The second kappa shape index (κ2) is 8.03. The number of nitrogens with one attached hydrogen (secondary N) is 3. The molecule has 4 aromatic rings. The number of hydrogen-bond donors (Lipinski definition) is 3. The first-order valence-electron chi connectivity index (χ1n) is 8.64. The van der Waals surface area contributed by atoms with Gasteiger partial charge in [0.25, 0.3) is 11.5 Å². The number of nitrogens with zero attached hydrogens (tertiary/aromatic N) is 2. The molecule has 0 saturated carbocycles. The van der Waals surface area contributed by atoms with Crippen LogP contribution in [0, 0.1) is 4.77 Å². The minimum atomic E-state index is -0.390. The van der Waals surface area contributed by atoms with Crippen LogP contribution in [0.1, 0.15) is 15.9 Å². The van der Waals surface area contributed by atoms with Gasteiger partial charge in [-0.3, -0.25) is 19.6 Å². The lowest BCUT2D eigenvalue weighted by Gasteiger charge is -2.11. The third-order valence-corrected chi connectivity index (χ3v) is 4.35. The Kier molecular flexibility index (Phi) is 5.12. The van der Waals surface area contributed by atoms with Crippen molar-refractivity contribution in [1.82, 2.24) is 19.9 Å². The second-order valence-electron chi connectivity index (χ2n) is 6.12. The summed E-state index contributed by atoms with van der Waals surface area (Å²) in [6, 6.07) is 11.8. The summed E-state index contributed by atoms with van der Waals surface area (Å²) in [4.78, 5) is 38.2. The highest BCUT2D eigenvalue weighted by Gasteiger charge is 2.13. The molecule has 0 radical (unpaired) electrons. The largest absolute Gasteiger partial charge is 0.485 e. The molecule has 0 aliphatic carbocycles. The number of rotatable bonds is 5. The number of benzene rings is 1. The Morgan fingerprint density at radius 3 is 2.76 bits per heavy atom. The third-order valence-electron chi connectivity index (χ3n) is 4.15. The molecular formula is C20H15N5O3S. The van der Waals surface area contributed by atoms with Crippen molar-refractivity contribution < 1.29 is 9.53 Å². The van der Waals surface area contributed by atoms with Gasteiger partial charge in [0, 0.05) is 24.2 Å². The molecule has 3 heterocycles. The van der Waals surface area contributed by atoms with E-state index in [9.17, 15) is 9.59 Å². The van der Waals surface area contributed by atoms with Gasteiger partial charge in [0.15, 0.2) is 16.3 Å². The molecule has 0 fully saturated rings. The maximum atomic E-state index is 12.7. The molecule has 0 unspecified atom stereocenters. The van der Waals surface area contributed by atoms with Crippen molar-refractivity contribution in [2.75, 3.05) is 5.32 Å². The van der Waals surface area contributed by atoms with E-state index in [0.717, 1.165) is 5.56 Å². The first-order chi connectivity index (χ1) is 14.1. The van der Waals surface area contributed by atoms with Gasteiger partial charge in [-0.1, -0.05) is 0 Å². The van der Waals surface area contributed by atoms with E-state index in [1.54, 1.807) is 48.9 Å². The maximum absolute atomic E-state index is 12.7. The molecule has 1 aromatic carbocycles. The molecule has 144 valence electrons. The van der Waals surface area contributed by atoms with E-state index in [2.05, 4.69) is 25.3 Å². The molecule has 9 heteroatoms. The molecule has 0 aliphatic rings. The average Bonchev–Trinajstić information content (AvgIpc) is 2.73. The van der Waals surface area contributed by atoms with Crippen LogP contribution in [0.25, 0.3) is 10.9 Å². The van der Waals surface area contributed by atoms with Crippen molar-refractivity contribution in [3.05, 3.63) is 87.3 Å². The fourth-order valence-electron chi connectivity index (χ4n) is 2.73. The van der Waals surface area contributed by atoms with Crippen LogP contribution < -0.4 is 15.6 Å². The molecule has 0 spiro atoms. The number of carbonyl (C=O) groups is 1. The van der Waals surface area contributed by atoms with Crippen LogP contribution in [0.5, 0.6) is 5.75 Å². The molecule has 29 heavy (non-hydrogen) atoms. The Balaban J connectivity index is 1.56. The minimum absolute atomic E-state index is 0.191. The molecular weight excluding hydrogens is 390 g/mol. The summed E-state index contributed by atoms with van der Waals surface area (Å²) in [5.74, 6) is 0.346. The molecule has 3 aromatic heterocycles. The summed E-state index contributed by atoms with van der Waals surface area (Å²) in [5, 5.41) is 3.16. The number of pyridine rings is 2. The fourth-order valence-corrected chi connectivity index (χ4v) is 2.93. The SMILES string of the molecule is O=C(Nc1ncccc1OCc1ccncc1)c1ccc2c(=O)[nH]c(=S)[nH]c2c1. The maximum Gasteiger partial charge on any atom is 0.259 e. The number of H-pyrrole nitrogens is 2. The zero-order valence-electron chi connectivity index (χ0n) is 15.0. The topological polar surface area (TPSA) is 113 Å². The summed E-state index contributed by atoms with van der Waals surface area (Å²) < 4.78 is 5.98. The Labute approximate surface area is 169 Å². The van der Waals surface area contributed by atoms with E-state index in [-0.39, 0.29) is 16.2 Å². The van der Waals surface area contributed by atoms with Gasteiger partial charge >= 0.3 is 0 Å². The van der Waals surface area contributed by atoms with Crippen molar-refractivity contribution in [3.8, 4) is 5.75 Å². The zero-order valence-corrected chi connectivity index (χ0v) is 15.8. The fraction of sp³-hybridized carbons (Fsp3) is 0.0500. The van der Waals surface area contributed by atoms with Gasteiger partial charge in [0.05, 0.1) is 10.9 Å². The highest BCUT2D eigenvalue weighted by Crippen LogP contribution is 2.23. The van der Waals surface area contributed by atoms with E-state index in [1.807, 2.05) is 12.1 Å². The quantitative estimate of drug-likeness (QED) is 0.440. The van der Waals surface area contributed by atoms with Gasteiger partial charge in [0.1, 0.15) is 6.61 Å². The van der Waals surface area contributed by atoms with Crippen LogP contribution in [0.2, 0.25) is 0 Å². The number of aromatic amines is 2. The molecule has 8 nitrogen and oxygen atoms in total. The predicted molar refractivity (Wildman–Crippen MR) is 111 cm³/mol. The van der Waals surface area contributed by atoms with Crippen LogP contribution in [0.3, 0.4) is 0 Å². The van der Waals surface area contributed by atoms with Crippen LogP contribution >= 0.6 is 12.2 Å². The Bertz CT molecular complexity index is 1300. The van der Waals surface area contributed by atoms with Crippen LogP contribution in [-0.2, 0) is 6.61 Å². The smallest absolute Gasteiger partial charge is 0.259 e. The lowest BCUT2D eigenvalue weighted by molar-refractivity contribution is 0.102. The molecule has 1 amide bonds. The molecule has 3 N–H and O–H groups in total. The zero-order chi connectivity index (χ0) is 20.2. The number of carbonyl (C=O) groups excluding carboxylic acids is 1. The highest BCUT2D eigenvalue weighted by molar-refractivity contribution is 7.71. The number of hydrogen-bond acceptors (Lipinski definition) is 6. The van der Waals surface area contributed by atoms with E-state index >= 15 is 0 Å². The number of aromatic nitrogens is 4. The van der Waals surface area contributed by atoms with Gasteiger partial charge in [-0.05, 0) is 60.2 Å². The number of ether oxygens (including phenoxy) is 1. The Morgan fingerprint density at radius 2 is 1.93 bits per heavy atom. The summed E-state index contributed by atoms with van der Waals surface area (Å²) in [7, 11) is 0. The Morgan fingerprint density at radius 1 is 1.10 bits per heavy atom. The van der Waals surface area contributed by atoms with Crippen molar-refractivity contribution in [2.24, 2.45) is 0 Å². The van der Waals surface area contributed by atoms with Crippen molar-refractivity contribution in [3.63, 3.8) is 0 Å². The van der Waals surface area contributed by atoms with Crippen LogP contribution in [0.4, 0.5) is 5.82 Å². The molecule has 0 saturated heterocycles. The van der Waals surface area contributed by atoms with E-state index in [4.69, 9.17) is 17.0 Å². The first-order valence-corrected chi connectivity index (χ1v) is 9.05. The van der Waals surface area contributed by atoms with Crippen molar-refractivity contribution in [1.29, 1.82) is 0 Å².